The summed E-state index contributed by atoms with van der Waals surface area (Å²) in [6.45, 7) is 5.13. The van der Waals surface area contributed by atoms with E-state index in [1.165, 1.54) is 5.56 Å². The van der Waals surface area contributed by atoms with E-state index in [9.17, 15) is 4.79 Å². The molecule has 4 aromatic rings. The number of ether oxygens (including phenoxy) is 2. The predicted molar refractivity (Wildman–Crippen MR) is 132 cm³/mol. The van der Waals surface area contributed by atoms with E-state index in [0.717, 1.165) is 41.7 Å². The largest absolute Gasteiger partial charge is 0.497 e. The molecule has 35 heavy (non-hydrogen) atoms. The summed E-state index contributed by atoms with van der Waals surface area (Å²) < 4.78 is 12.9. The van der Waals surface area contributed by atoms with Crippen molar-refractivity contribution in [3.63, 3.8) is 0 Å². The van der Waals surface area contributed by atoms with Crippen molar-refractivity contribution in [2.75, 3.05) is 13.7 Å². The van der Waals surface area contributed by atoms with Crippen molar-refractivity contribution in [2.24, 2.45) is 0 Å². The minimum atomic E-state index is -0.112. The number of aryl methyl sites for hydroxylation is 1. The minimum absolute atomic E-state index is 0.112. The van der Waals surface area contributed by atoms with Crippen LogP contribution in [0, 0.1) is 6.92 Å². The number of hydrogen-bond acceptors (Lipinski definition) is 7. The highest BCUT2D eigenvalue weighted by molar-refractivity contribution is 5.80. The summed E-state index contributed by atoms with van der Waals surface area (Å²) in [7, 11) is 1.61. The SMILES string of the molecule is COc1ccc2cc(CN(Cc3ccc(C)cc3)Cc3nnnn3C[C@H]3CCCO3)c(=O)[nH]c2c1. The molecule has 1 N–H and O–H groups in total. The van der Waals surface area contributed by atoms with Crippen LogP contribution in [0.4, 0.5) is 0 Å². The Morgan fingerprint density at radius 3 is 2.77 bits per heavy atom. The molecule has 0 amide bonds. The number of methoxy groups -OCH3 is 1. The van der Waals surface area contributed by atoms with Gasteiger partial charge in [-0.1, -0.05) is 29.8 Å². The monoisotopic (exact) mass is 474 g/mol. The van der Waals surface area contributed by atoms with Crippen molar-refractivity contribution >= 4 is 10.9 Å². The fourth-order valence-electron chi connectivity index (χ4n) is 4.49. The molecule has 1 saturated heterocycles. The average molecular weight is 475 g/mol. The zero-order valence-corrected chi connectivity index (χ0v) is 20.1. The Bertz CT molecular complexity index is 1340. The number of fused-ring (bicyclic) bond motifs is 1. The molecule has 1 aliphatic rings. The van der Waals surface area contributed by atoms with Gasteiger partial charge in [-0.3, -0.25) is 9.69 Å². The molecule has 2 aromatic heterocycles. The van der Waals surface area contributed by atoms with Gasteiger partial charge in [0.1, 0.15) is 5.75 Å². The molecule has 0 spiro atoms. The molecule has 0 aliphatic carbocycles. The summed E-state index contributed by atoms with van der Waals surface area (Å²) >= 11 is 0. The van der Waals surface area contributed by atoms with E-state index in [2.05, 4.69) is 56.6 Å². The number of H-pyrrole nitrogens is 1. The second-order valence-electron chi connectivity index (χ2n) is 9.12. The minimum Gasteiger partial charge on any atom is -0.497 e. The van der Waals surface area contributed by atoms with E-state index in [1.54, 1.807) is 7.11 Å². The lowest BCUT2D eigenvalue weighted by Gasteiger charge is -2.22. The van der Waals surface area contributed by atoms with Gasteiger partial charge in [0.05, 0.1) is 31.8 Å². The van der Waals surface area contributed by atoms with Gasteiger partial charge in [-0.25, -0.2) is 4.68 Å². The molecule has 9 nitrogen and oxygen atoms in total. The summed E-state index contributed by atoms with van der Waals surface area (Å²) in [5.41, 5.74) is 3.70. The third-order valence-corrected chi connectivity index (χ3v) is 6.42. The lowest BCUT2D eigenvalue weighted by molar-refractivity contribution is 0.0914. The molecule has 182 valence electrons. The van der Waals surface area contributed by atoms with Crippen molar-refractivity contribution < 1.29 is 9.47 Å². The molecule has 0 bridgehead atoms. The fourth-order valence-corrected chi connectivity index (χ4v) is 4.49. The van der Waals surface area contributed by atoms with Crippen LogP contribution in [-0.2, 0) is 30.9 Å². The van der Waals surface area contributed by atoms with Crippen molar-refractivity contribution in [1.82, 2.24) is 30.1 Å². The Labute approximate surface area is 203 Å². The van der Waals surface area contributed by atoms with Crippen LogP contribution in [0.25, 0.3) is 10.9 Å². The quantitative estimate of drug-likeness (QED) is 0.398. The molecule has 1 fully saturated rings. The van der Waals surface area contributed by atoms with Crippen molar-refractivity contribution in [1.29, 1.82) is 0 Å². The van der Waals surface area contributed by atoms with Gasteiger partial charge in [0, 0.05) is 31.3 Å². The first kappa shape index (κ1) is 23.2. The summed E-state index contributed by atoms with van der Waals surface area (Å²) in [6, 6.07) is 16.1. The van der Waals surface area contributed by atoms with Crippen LogP contribution < -0.4 is 10.3 Å². The molecule has 0 unspecified atom stereocenters. The number of aromatic nitrogens is 5. The first-order valence-electron chi connectivity index (χ1n) is 11.9. The van der Waals surface area contributed by atoms with Crippen molar-refractivity contribution in [2.45, 2.75) is 52.0 Å². The van der Waals surface area contributed by atoms with Crippen LogP contribution in [0.1, 0.15) is 35.4 Å². The van der Waals surface area contributed by atoms with E-state index in [-0.39, 0.29) is 11.7 Å². The van der Waals surface area contributed by atoms with Crippen LogP contribution >= 0.6 is 0 Å². The first-order chi connectivity index (χ1) is 17.1. The van der Waals surface area contributed by atoms with Crippen LogP contribution in [0.15, 0.2) is 53.3 Å². The van der Waals surface area contributed by atoms with Crippen molar-refractivity contribution in [3.05, 3.63) is 81.4 Å². The number of rotatable bonds is 9. The van der Waals surface area contributed by atoms with Gasteiger partial charge >= 0.3 is 0 Å². The number of hydrogen-bond donors (Lipinski definition) is 1. The maximum Gasteiger partial charge on any atom is 0.252 e. The highest BCUT2D eigenvalue weighted by Gasteiger charge is 2.21. The molecule has 1 aliphatic heterocycles. The van der Waals surface area contributed by atoms with Gasteiger partial charge in [0.15, 0.2) is 5.82 Å². The van der Waals surface area contributed by atoms with Gasteiger partial charge in [0.25, 0.3) is 5.56 Å². The number of tetrazole rings is 1. The number of aromatic amines is 1. The van der Waals surface area contributed by atoms with Gasteiger partial charge < -0.3 is 14.5 Å². The second kappa shape index (κ2) is 10.4. The number of nitrogens with one attached hydrogen (secondary N) is 1. The van der Waals surface area contributed by atoms with Gasteiger partial charge in [-0.05, 0) is 59.3 Å². The van der Waals surface area contributed by atoms with E-state index >= 15 is 0 Å². The van der Waals surface area contributed by atoms with Crippen LogP contribution in [0.5, 0.6) is 5.75 Å². The summed E-state index contributed by atoms with van der Waals surface area (Å²) in [6.07, 6.45) is 2.23. The molecule has 0 radical (unpaired) electrons. The third kappa shape index (κ3) is 5.58. The molecule has 2 aromatic carbocycles. The van der Waals surface area contributed by atoms with Crippen LogP contribution in [0.3, 0.4) is 0 Å². The molecule has 1 atom stereocenters. The maximum atomic E-state index is 13.0. The number of pyridine rings is 1. The highest BCUT2D eigenvalue weighted by atomic mass is 16.5. The van der Waals surface area contributed by atoms with Gasteiger partial charge in [-0.2, -0.15) is 0 Å². The van der Waals surface area contributed by atoms with Gasteiger partial charge in [0.2, 0.25) is 0 Å². The third-order valence-electron chi connectivity index (χ3n) is 6.42. The fraction of sp³-hybridized carbons (Fsp3) is 0.385. The van der Waals surface area contributed by atoms with Crippen molar-refractivity contribution in [3.8, 4) is 5.75 Å². The Balaban J connectivity index is 1.42. The van der Waals surface area contributed by atoms with Gasteiger partial charge in [-0.15, -0.1) is 5.10 Å². The molecule has 3 heterocycles. The topological polar surface area (TPSA) is 98.2 Å². The Kier molecular flexibility index (Phi) is 6.87. The summed E-state index contributed by atoms with van der Waals surface area (Å²) in [4.78, 5) is 18.2. The van der Waals surface area contributed by atoms with E-state index < -0.39 is 0 Å². The number of benzene rings is 2. The van der Waals surface area contributed by atoms with Crippen LogP contribution in [0.2, 0.25) is 0 Å². The molecule has 5 rings (SSSR count). The Hall–Kier alpha value is -3.56. The van der Waals surface area contributed by atoms with E-state index in [4.69, 9.17) is 9.47 Å². The smallest absolute Gasteiger partial charge is 0.252 e. The lowest BCUT2D eigenvalue weighted by atomic mass is 10.1. The maximum absolute atomic E-state index is 13.0. The number of nitrogens with zero attached hydrogens (tertiary/aromatic N) is 5. The predicted octanol–water partition coefficient (Wildman–Crippen LogP) is 3.21. The second-order valence-corrected chi connectivity index (χ2v) is 9.12. The lowest BCUT2D eigenvalue weighted by Crippen LogP contribution is -2.29. The summed E-state index contributed by atoms with van der Waals surface area (Å²) in [5.74, 6) is 1.47. The Morgan fingerprint density at radius 2 is 2.00 bits per heavy atom. The Morgan fingerprint density at radius 1 is 1.14 bits per heavy atom. The summed E-state index contributed by atoms with van der Waals surface area (Å²) in [5, 5.41) is 13.4. The standard InChI is InChI=1S/C26H30N6O3/c1-18-5-7-19(8-6-18)14-31(17-25-28-29-30-32(25)16-23-4-3-11-35-23)15-21-12-20-9-10-22(34-2)13-24(20)27-26(21)33/h5-10,12-13,23H,3-4,11,14-17H2,1-2H3,(H,27,33)/t23-/m1/s1. The zero-order chi connectivity index (χ0) is 24.2. The van der Waals surface area contributed by atoms with E-state index in [0.29, 0.717) is 37.5 Å². The van der Waals surface area contributed by atoms with Crippen LogP contribution in [-0.4, -0.2) is 49.9 Å². The normalized spacial score (nSPS) is 15.8. The zero-order valence-electron chi connectivity index (χ0n) is 20.1. The molecular formula is C26H30N6O3. The molecule has 0 saturated carbocycles. The van der Waals surface area contributed by atoms with E-state index in [1.807, 2.05) is 28.9 Å². The molecule has 9 heteroatoms. The average Bonchev–Trinajstić information content (AvgIpc) is 3.53. The highest BCUT2D eigenvalue weighted by Crippen LogP contribution is 2.20. The first-order valence-corrected chi connectivity index (χ1v) is 11.9. The molecular weight excluding hydrogens is 444 g/mol.